The molecule has 2 N–H and O–H groups in total. The maximum atomic E-state index is 12.3. The number of thioether (sulfide) groups is 1. The Bertz CT molecular complexity index is 557. The fraction of sp³-hybridized carbons (Fsp3) is 0.615. The van der Waals surface area contributed by atoms with Crippen molar-refractivity contribution in [1.82, 2.24) is 9.88 Å². The minimum Gasteiger partial charge on any atom is -0.477 e. The highest BCUT2D eigenvalue weighted by Crippen LogP contribution is 2.40. The number of esters is 1. The van der Waals surface area contributed by atoms with Crippen molar-refractivity contribution in [2.75, 3.05) is 12.4 Å². The van der Waals surface area contributed by atoms with Gasteiger partial charge in [-0.2, -0.15) is 0 Å². The van der Waals surface area contributed by atoms with Crippen LogP contribution in [0.2, 0.25) is 19.6 Å². The fourth-order valence-electron chi connectivity index (χ4n) is 2.45. The number of nitrogens with zero attached hydrogens (tertiary/aromatic N) is 1. The van der Waals surface area contributed by atoms with Crippen molar-refractivity contribution in [2.45, 2.75) is 38.0 Å². The highest BCUT2D eigenvalue weighted by Gasteiger charge is 2.54. The number of carbonyl (C=O) groups is 3. The summed E-state index contributed by atoms with van der Waals surface area (Å²) in [6, 6.07) is -0.332. The Kier molecular flexibility index (Phi) is 4.69. The molecule has 0 radical (unpaired) electrons. The Hall–Kier alpha value is -1.32. The summed E-state index contributed by atoms with van der Waals surface area (Å²) in [5.41, 5.74) is 0.423. The van der Waals surface area contributed by atoms with Gasteiger partial charge in [0.05, 0.1) is 0 Å². The van der Waals surface area contributed by atoms with Crippen LogP contribution in [-0.2, 0) is 19.1 Å². The topological polar surface area (TPSA) is 95.9 Å². The van der Waals surface area contributed by atoms with Gasteiger partial charge in [-0.15, -0.1) is 11.8 Å². The van der Waals surface area contributed by atoms with Crippen molar-refractivity contribution in [3.05, 3.63) is 11.3 Å². The van der Waals surface area contributed by atoms with Crippen LogP contribution in [0, 0.1) is 0 Å². The number of carboxylic acid groups (broad SMARTS) is 1. The minimum atomic E-state index is -1.65. The molecule has 0 saturated carbocycles. The van der Waals surface area contributed by atoms with Crippen molar-refractivity contribution in [2.24, 2.45) is 0 Å². The predicted octanol–water partition coefficient (Wildman–Crippen LogP) is 0.596. The van der Waals surface area contributed by atoms with Gasteiger partial charge in [0.2, 0.25) is 5.91 Å². The largest absolute Gasteiger partial charge is 0.477 e. The molecule has 122 valence electrons. The molecular weight excluding hydrogens is 324 g/mol. The summed E-state index contributed by atoms with van der Waals surface area (Å²) in [7, 11) is -1.65. The number of rotatable bonds is 5. The van der Waals surface area contributed by atoms with Gasteiger partial charge in [-0.25, -0.2) is 4.79 Å². The molecular formula is C13H20N2O5SSi. The van der Waals surface area contributed by atoms with E-state index >= 15 is 0 Å². The van der Waals surface area contributed by atoms with Crippen LogP contribution in [0.3, 0.4) is 0 Å². The van der Waals surface area contributed by atoms with Crippen LogP contribution >= 0.6 is 11.8 Å². The molecule has 1 saturated heterocycles. The van der Waals surface area contributed by atoms with Crippen LogP contribution in [0.5, 0.6) is 0 Å². The van der Waals surface area contributed by atoms with Gasteiger partial charge in [0.25, 0.3) is 0 Å². The van der Waals surface area contributed by atoms with Gasteiger partial charge in [-0.3, -0.25) is 14.5 Å². The van der Waals surface area contributed by atoms with E-state index in [9.17, 15) is 19.5 Å². The lowest BCUT2D eigenvalue weighted by Gasteiger charge is -2.51. The molecule has 2 heterocycles. The van der Waals surface area contributed by atoms with Gasteiger partial charge in [-0.05, 0) is 0 Å². The molecule has 1 fully saturated rings. The number of hydrogen-bond donors (Lipinski definition) is 2. The zero-order valence-electron chi connectivity index (χ0n) is 13.0. The first-order valence-corrected chi connectivity index (χ1v) is 11.5. The van der Waals surface area contributed by atoms with Gasteiger partial charge in [0.15, 0.2) is 0 Å². The molecule has 0 bridgehead atoms. The third-order valence-corrected chi connectivity index (χ3v) is 5.80. The van der Waals surface area contributed by atoms with Gasteiger partial charge < -0.3 is 14.8 Å². The average Bonchev–Trinajstić information content (AvgIpc) is 2.40. The SMILES string of the molecule is CC(=O)OCC1=C(C(=O)O)N2C(=O)[C@@H](N[Si](C)(C)C)[C@H]2SC1. The third-order valence-electron chi connectivity index (χ3n) is 3.29. The summed E-state index contributed by atoms with van der Waals surface area (Å²) in [5.74, 6) is -1.42. The first kappa shape index (κ1) is 17.0. The van der Waals surface area contributed by atoms with E-state index in [1.54, 1.807) is 0 Å². The molecule has 22 heavy (non-hydrogen) atoms. The number of carbonyl (C=O) groups excluding carboxylic acids is 2. The maximum Gasteiger partial charge on any atom is 0.352 e. The zero-order valence-corrected chi connectivity index (χ0v) is 14.8. The highest BCUT2D eigenvalue weighted by atomic mass is 32.2. The molecule has 0 aromatic carbocycles. The summed E-state index contributed by atoms with van der Waals surface area (Å²) < 4.78 is 4.89. The van der Waals surface area contributed by atoms with Crippen LogP contribution in [0.4, 0.5) is 0 Å². The van der Waals surface area contributed by atoms with Crippen LogP contribution in [-0.4, -0.2) is 59.9 Å². The van der Waals surface area contributed by atoms with Crippen molar-refractivity contribution >= 4 is 37.8 Å². The normalized spacial score (nSPS) is 24.7. The van der Waals surface area contributed by atoms with E-state index in [0.717, 1.165) is 0 Å². The Balaban J connectivity index is 2.21. The van der Waals surface area contributed by atoms with Crippen molar-refractivity contribution in [3.63, 3.8) is 0 Å². The number of aliphatic carboxylic acids is 1. The molecule has 2 atom stereocenters. The summed E-state index contributed by atoms with van der Waals surface area (Å²) in [5, 5.41) is 9.22. The molecule has 2 aliphatic heterocycles. The second kappa shape index (κ2) is 6.05. The van der Waals surface area contributed by atoms with Crippen molar-refractivity contribution in [3.8, 4) is 0 Å². The maximum absolute atomic E-state index is 12.3. The number of nitrogens with one attached hydrogen (secondary N) is 1. The smallest absolute Gasteiger partial charge is 0.352 e. The van der Waals surface area contributed by atoms with E-state index < -0.39 is 20.2 Å². The van der Waals surface area contributed by atoms with Crippen LogP contribution in [0.15, 0.2) is 11.3 Å². The number of hydrogen-bond acceptors (Lipinski definition) is 6. The predicted molar refractivity (Wildman–Crippen MR) is 84.7 cm³/mol. The lowest BCUT2D eigenvalue weighted by atomic mass is 10.0. The number of amides is 1. The van der Waals surface area contributed by atoms with E-state index in [4.69, 9.17) is 4.74 Å². The second-order valence-electron chi connectivity index (χ2n) is 6.32. The first-order chi connectivity index (χ1) is 10.1. The van der Waals surface area contributed by atoms with Crippen molar-refractivity contribution < 1.29 is 24.2 Å². The molecule has 0 aliphatic carbocycles. The summed E-state index contributed by atoms with van der Waals surface area (Å²) >= 11 is 1.50. The summed E-state index contributed by atoms with van der Waals surface area (Å²) in [4.78, 5) is 39.4. The van der Waals surface area contributed by atoms with Crippen LogP contribution in [0.1, 0.15) is 6.92 Å². The van der Waals surface area contributed by atoms with Crippen LogP contribution in [0.25, 0.3) is 0 Å². The lowest BCUT2D eigenvalue weighted by molar-refractivity contribution is -0.148. The van der Waals surface area contributed by atoms with Gasteiger partial charge >= 0.3 is 11.9 Å². The molecule has 7 nitrogen and oxygen atoms in total. The molecule has 0 aromatic heterocycles. The van der Waals surface area contributed by atoms with Gasteiger partial charge in [-0.1, -0.05) is 19.6 Å². The fourth-order valence-corrected chi connectivity index (χ4v) is 5.11. The third kappa shape index (κ3) is 3.36. The molecule has 0 spiro atoms. The molecule has 0 aromatic rings. The summed E-state index contributed by atoms with van der Waals surface area (Å²) in [6.45, 7) is 7.46. The van der Waals surface area contributed by atoms with Crippen molar-refractivity contribution in [1.29, 1.82) is 0 Å². The average molecular weight is 344 g/mol. The second-order valence-corrected chi connectivity index (χ2v) is 12.2. The van der Waals surface area contributed by atoms with E-state index in [1.807, 2.05) is 0 Å². The lowest BCUT2D eigenvalue weighted by Crippen LogP contribution is -2.73. The van der Waals surface area contributed by atoms with E-state index in [-0.39, 0.29) is 29.6 Å². The number of fused-ring (bicyclic) bond motifs is 1. The van der Waals surface area contributed by atoms with Crippen LogP contribution < -0.4 is 4.98 Å². The van der Waals surface area contributed by atoms with E-state index in [0.29, 0.717) is 11.3 Å². The molecule has 2 rings (SSSR count). The minimum absolute atomic E-state index is 0.0383. The van der Waals surface area contributed by atoms with Gasteiger partial charge in [0.1, 0.15) is 32.0 Å². The molecule has 9 heteroatoms. The first-order valence-electron chi connectivity index (χ1n) is 6.93. The van der Waals surface area contributed by atoms with E-state index in [2.05, 4.69) is 24.6 Å². The highest BCUT2D eigenvalue weighted by molar-refractivity contribution is 8.00. The standard InChI is InChI=1S/C13H20N2O5SSi/c1-7(16)20-5-8-6-21-12-9(14-22(2,3)4)11(17)15(12)10(8)13(18)19/h9,12,14H,5-6H2,1-4H3,(H,18,19)/t9-,12-/m1/s1. The number of β-lactam (4-membered cyclic amide) rings is 1. The van der Waals surface area contributed by atoms with Gasteiger partial charge in [0, 0.05) is 18.2 Å². The molecule has 1 amide bonds. The summed E-state index contributed by atoms with van der Waals surface area (Å²) in [6.07, 6.45) is 0. The molecule has 0 unspecified atom stereocenters. The number of carboxylic acids is 1. The Morgan fingerprint density at radius 1 is 1.45 bits per heavy atom. The Morgan fingerprint density at radius 3 is 2.59 bits per heavy atom. The quantitative estimate of drug-likeness (QED) is 0.428. The Morgan fingerprint density at radius 2 is 2.09 bits per heavy atom. The van der Waals surface area contributed by atoms with E-state index in [1.165, 1.54) is 23.6 Å². The monoisotopic (exact) mass is 344 g/mol. The Labute approximate surface area is 134 Å². The number of ether oxygens (including phenoxy) is 1. The zero-order chi connectivity index (χ0) is 16.7. The molecule has 2 aliphatic rings.